The fraction of sp³-hybridized carbons (Fsp3) is 0.208. The van der Waals surface area contributed by atoms with Crippen LogP contribution in [0.5, 0.6) is 5.75 Å². The average molecular weight is 372 g/mol. The molecule has 0 bridgehead atoms. The molecule has 0 saturated carbocycles. The fourth-order valence-corrected chi connectivity index (χ4v) is 3.59. The molecule has 0 fully saturated rings. The summed E-state index contributed by atoms with van der Waals surface area (Å²) in [6.07, 6.45) is -0.588. The number of aryl methyl sites for hydroxylation is 2. The molecule has 1 unspecified atom stereocenters. The van der Waals surface area contributed by atoms with Crippen molar-refractivity contribution < 1.29 is 9.53 Å². The van der Waals surface area contributed by atoms with Gasteiger partial charge in [-0.1, -0.05) is 35.9 Å². The first-order valence-corrected chi connectivity index (χ1v) is 9.62. The molecule has 142 valence electrons. The van der Waals surface area contributed by atoms with Crippen LogP contribution in [0.15, 0.2) is 66.7 Å². The average Bonchev–Trinajstić information content (AvgIpc) is 3.02. The van der Waals surface area contributed by atoms with E-state index < -0.39 is 6.10 Å². The summed E-state index contributed by atoms with van der Waals surface area (Å²) < 4.78 is 8.06. The molecule has 4 nitrogen and oxygen atoms in total. The Morgan fingerprint density at radius 1 is 1.00 bits per heavy atom. The Bertz CT molecular complexity index is 1140. The van der Waals surface area contributed by atoms with Gasteiger partial charge in [0.15, 0.2) is 6.10 Å². The highest BCUT2D eigenvalue weighted by atomic mass is 16.5. The summed E-state index contributed by atoms with van der Waals surface area (Å²) in [5.74, 6) is 0.522. The molecule has 0 saturated heterocycles. The normalized spacial score (nSPS) is 12.2. The molecule has 1 amide bonds. The van der Waals surface area contributed by atoms with Crippen LogP contribution in [0.4, 0.5) is 5.69 Å². The quantitative estimate of drug-likeness (QED) is 0.501. The first-order chi connectivity index (χ1) is 13.6. The van der Waals surface area contributed by atoms with Crippen LogP contribution in [0.2, 0.25) is 0 Å². The van der Waals surface area contributed by atoms with Gasteiger partial charge >= 0.3 is 0 Å². The number of amides is 1. The van der Waals surface area contributed by atoms with E-state index in [2.05, 4.69) is 41.1 Å². The maximum absolute atomic E-state index is 12.6. The molecule has 0 aliphatic rings. The highest BCUT2D eigenvalue weighted by molar-refractivity contribution is 6.10. The van der Waals surface area contributed by atoms with Gasteiger partial charge in [0, 0.05) is 34.0 Å². The van der Waals surface area contributed by atoms with E-state index in [1.54, 1.807) is 6.92 Å². The Morgan fingerprint density at radius 3 is 2.46 bits per heavy atom. The monoisotopic (exact) mass is 372 g/mol. The zero-order valence-electron chi connectivity index (χ0n) is 16.4. The van der Waals surface area contributed by atoms with Crippen molar-refractivity contribution in [2.24, 2.45) is 0 Å². The molecule has 1 heterocycles. The van der Waals surface area contributed by atoms with Crippen molar-refractivity contribution in [2.45, 2.75) is 33.4 Å². The lowest BCUT2D eigenvalue weighted by Gasteiger charge is -2.15. The maximum Gasteiger partial charge on any atom is 0.265 e. The lowest BCUT2D eigenvalue weighted by molar-refractivity contribution is -0.122. The molecule has 0 spiro atoms. The van der Waals surface area contributed by atoms with E-state index in [0.717, 1.165) is 23.2 Å². The van der Waals surface area contributed by atoms with Crippen LogP contribution in [0, 0.1) is 6.92 Å². The van der Waals surface area contributed by atoms with Crippen molar-refractivity contribution in [1.29, 1.82) is 0 Å². The molecular formula is C24H24N2O2. The summed E-state index contributed by atoms with van der Waals surface area (Å²) in [6, 6.07) is 22.1. The van der Waals surface area contributed by atoms with E-state index in [4.69, 9.17) is 4.74 Å². The zero-order chi connectivity index (χ0) is 19.7. The summed E-state index contributed by atoms with van der Waals surface area (Å²) in [7, 11) is 0. The van der Waals surface area contributed by atoms with Gasteiger partial charge in [-0.05, 0) is 57.2 Å². The number of nitrogens with one attached hydrogen (secondary N) is 1. The summed E-state index contributed by atoms with van der Waals surface area (Å²) in [6.45, 7) is 6.82. The highest BCUT2D eigenvalue weighted by Gasteiger charge is 2.16. The van der Waals surface area contributed by atoms with Gasteiger partial charge in [0.25, 0.3) is 5.91 Å². The number of carbonyl (C=O) groups is 1. The second-order valence-electron chi connectivity index (χ2n) is 7.06. The molecule has 0 aliphatic carbocycles. The summed E-state index contributed by atoms with van der Waals surface area (Å²) in [5, 5.41) is 5.32. The Kier molecular flexibility index (Phi) is 4.78. The Hall–Kier alpha value is -3.27. The van der Waals surface area contributed by atoms with Gasteiger partial charge in [0.2, 0.25) is 0 Å². The highest BCUT2D eigenvalue weighted by Crippen LogP contribution is 2.31. The largest absolute Gasteiger partial charge is 0.481 e. The number of rotatable bonds is 5. The molecule has 4 rings (SSSR count). The molecular weight excluding hydrogens is 348 g/mol. The number of hydrogen-bond acceptors (Lipinski definition) is 2. The van der Waals surface area contributed by atoms with Crippen LogP contribution in [-0.2, 0) is 11.3 Å². The van der Waals surface area contributed by atoms with Crippen molar-refractivity contribution in [1.82, 2.24) is 4.57 Å². The number of aromatic nitrogens is 1. The number of hydrogen-bond donors (Lipinski definition) is 1. The van der Waals surface area contributed by atoms with E-state index in [0.29, 0.717) is 5.75 Å². The van der Waals surface area contributed by atoms with Crippen molar-refractivity contribution >= 4 is 33.4 Å². The molecule has 0 aliphatic heterocycles. The Morgan fingerprint density at radius 2 is 1.71 bits per heavy atom. The minimum Gasteiger partial charge on any atom is -0.481 e. The minimum atomic E-state index is -0.588. The van der Waals surface area contributed by atoms with E-state index >= 15 is 0 Å². The second-order valence-corrected chi connectivity index (χ2v) is 7.06. The summed E-state index contributed by atoms with van der Waals surface area (Å²) in [5.41, 5.74) is 4.31. The number of benzene rings is 3. The number of carbonyl (C=O) groups excluding carboxylic acids is 1. The molecule has 1 atom stereocenters. The maximum atomic E-state index is 12.6. The second kappa shape index (κ2) is 7.39. The standard InChI is InChI=1S/C24H24N2O2/c1-4-26-22-8-6-5-7-20(22)21-15-18(11-14-23(21)26)25-24(27)17(3)28-19-12-9-16(2)10-13-19/h5-15,17H,4H2,1-3H3,(H,25,27). The number of para-hydroxylation sites is 1. The van der Waals surface area contributed by atoms with Crippen LogP contribution in [0.3, 0.4) is 0 Å². The Labute approximate surface area is 164 Å². The smallest absolute Gasteiger partial charge is 0.265 e. The molecule has 4 aromatic rings. The molecule has 1 N–H and O–H groups in total. The predicted octanol–water partition coefficient (Wildman–Crippen LogP) is 5.53. The molecule has 3 aromatic carbocycles. The first-order valence-electron chi connectivity index (χ1n) is 9.62. The van der Waals surface area contributed by atoms with Crippen molar-refractivity contribution in [3.8, 4) is 5.75 Å². The van der Waals surface area contributed by atoms with E-state index in [9.17, 15) is 4.79 Å². The fourth-order valence-electron chi connectivity index (χ4n) is 3.59. The third kappa shape index (κ3) is 3.33. The number of fused-ring (bicyclic) bond motifs is 3. The molecule has 0 radical (unpaired) electrons. The topological polar surface area (TPSA) is 43.3 Å². The third-order valence-electron chi connectivity index (χ3n) is 5.06. The van der Waals surface area contributed by atoms with Gasteiger partial charge in [-0.3, -0.25) is 4.79 Å². The van der Waals surface area contributed by atoms with Gasteiger partial charge in [0.05, 0.1) is 0 Å². The number of ether oxygens (including phenoxy) is 1. The third-order valence-corrected chi connectivity index (χ3v) is 5.06. The van der Waals surface area contributed by atoms with Crippen LogP contribution >= 0.6 is 0 Å². The van der Waals surface area contributed by atoms with Crippen molar-refractivity contribution in [3.63, 3.8) is 0 Å². The van der Waals surface area contributed by atoms with Gasteiger partial charge in [-0.2, -0.15) is 0 Å². The lowest BCUT2D eigenvalue weighted by Crippen LogP contribution is -2.30. The predicted molar refractivity (Wildman–Crippen MR) is 115 cm³/mol. The van der Waals surface area contributed by atoms with Crippen LogP contribution < -0.4 is 10.1 Å². The van der Waals surface area contributed by atoms with Crippen LogP contribution in [0.25, 0.3) is 21.8 Å². The minimum absolute atomic E-state index is 0.167. The van der Waals surface area contributed by atoms with Gasteiger partial charge in [-0.25, -0.2) is 0 Å². The first kappa shape index (κ1) is 18.1. The Balaban J connectivity index is 1.58. The molecule has 1 aromatic heterocycles. The summed E-state index contributed by atoms with van der Waals surface area (Å²) >= 11 is 0. The van der Waals surface area contributed by atoms with Gasteiger partial charge in [-0.15, -0.1) is 0 Å². The van der Waals surface area contributed by atoms with E-state index in [-0.39, 0.29) is 5.91 Å². The van der Waals surface area contributed by atoms with Crippen LogP contribution in [-0.4, -0.2) is 16.6 Å². The van der Waals surface area contributed by atoms with Crippen LogP contribution in [0.1, 0.15) is 19.4 Å². The zero-order valence-corrected chi connectivity index (χ0v) is 16.4. The lowest BCUT2D eigenvalue weighted by atomic mass is 10.1. The summed E-state index contributed by atoms with van der Waals surface area (Å²) in [4.78, 5) is 12.6. The van der Waals surface area contributed by atoms with E-state index in [1.807, 2.05) is 49.4 Å². The van der Waals surface area contributed by atoms with Crippen molar-refractivity contribution in [3.05, 3.63) is 72.3 Å². The van der Waals surface area contributed by atoms with Gasteiger partial charge < -0.3 is 14.6 Å². The number of nitrogens with zero attached hydrogens (tertiary/aromatic N) is 1. The molecule has 4 heteroatoms. The van der Waals surface area contributed by atoms with Gasteiger partial charge in [0.1, 0.15) is 5.75 Å². The SMILES string of the molecule is CCn1c2ccccc2c2cc(NC(=O)C(C)Oc3ccc(C)cc3)ccc21. The van der Waals surface area contributed by atoms with E-state index in [1.165, 1.54) is 16.4 Å². The molecule has 28 heavy (non-hydrogen) atoms. The number of anilines is 1. The van der Waals surface area contributed by atoms with Crippen molar-refractivity contribution in [2.75, 3.05) is 5.32 Å².